The van der Waals surface area contributed by atoms with Gasteiger partial charge >= 0.3 is 5.97 Å². The van der Waals surface area contributed by atoms with E-state index < -0.39 is 28.5 Å². The van der Waals surface area contributed by atoms with Crippen LogP contribution in [0.2, 0.25) is 5.02 Å². The predicted molar refractivity (Wildman–Crippen MR) is 121 cm³/mol. The normalized spacial score (nSPS) is 12.8. The third kappa shape index (κ3) is 4.46. The lowest BCUT2D eigenvalue weighted by Gasteiger charge is -2.20. The van der Waals surface area contributed by atoms with Gasteiger partial charge in [-0.1, -0.05) is 48.0 Å². The number of amides is 1. The minimum atomic E-state index is -4.00. The Bertz CT molecular complexity index is 1280. The Balaban J connectivity index is 1.50. The summed E-state index contributed by atoms with van der Waals surface area (Å²) in [7, 11) is -4.00. The summed E-state index contributed by atoms with van der Waals surface area (Å²) in [5.41, 5.74) is 2.06. The summed E-state index contributed by atoms with van der Waals surface area (Å²) >= 11 is 6.19. The van der Waals surface area contributed by atoms with Gasteiger partial charge in [-0.2, -0.15) is 0 Å². The highest BCUT2D eigenvalue weighted by Gasteiger charge is 2.32. The van der Waals surface area contributed by atoms with E-state index in [1.165, 1.54) is 22.5 Å². The first-order chi connectivity index (χ1) is 15.4. The summed E-state index contributed by atoms with van der Waals surface area (Å²) in [6.07, 6.45) is 0.589. The van der Waals surface area contributed by atoms with E-state index >= 15 is 0 Å². The molecule has 4 rings (SSSR count). The largest absolute Gasteiger partial charge is 0.452 e. The number of ether oxygens (including phenoxy) is 1. The smallest absolute Gasteiger partial charge is 0.338 e. The molecular weight excluding hydrogens is 452 g/mol. The molecule has 1 aliphatic heterocycles. The topological polar surface area (TPSA) is 92.8 Å². The SMILES string of the molecule is O=C(COC(=O)c1ccc(Cl)c(S(=O)(=O)N2CCc3ccccc32)c1)Nc1ccccc1. The second-order valence-corrected chi connectivity index (χ2v) is 9.33. The number of benzene rings is 3. The molecule has 164 valence electrons. The molecule has 0 atom stereocenters. The van der Waals surface area contributed by atoms with Gasteiger partial charge in [0.25, 0.3) is 15.9 Å². The monoisotopic (exact) mass is 470 g/mol. The molecule has 0 aromatic heterocycles. The Morgan fingerprint density at radius 2 is 1.72 bits per heavy atom. The van der Waals surface area contributed by atoms with Crippen LogP contribution in [-0.4, -0.2) is 33.4 Å². The number of sulfonamides is 1. The van der Waals surface area contributed by atoms with Crippen molar-refractivity contribution in [1.29, 1.82) is 0 Å². The van der Waals surface area contributed by atoms with Crippen LogP contribution in [0, 0.1) is 0 Å². The van der Waals surface area contributed by atoms with Gasteiger partial charge in [0.05, 0.1) is 16.3 Å². The fourth-order valence-corrected chi connectivity index (χ4v) is 5.44. The molecule has 1 N–H and O–H groups in total. The molecular formula is C23H19ClN2O5S. The number of rotatable bonds is 6. The molecule has 3 aromatic rings. The fourth-order valence-electron chi connectivity index (χ4n) is 3.44. The van der Waals surface area contributed by atoms with Crippen LogP contribution in [0.5, 0.6) is 0 Å². The van der Waals surface area contributed by atoms with Gasteiger partial charge in [0.15, 0.2) is 6.61 Å². The summed E-state index contributed by atoms with van der Waals surface area (Å²) in [6.45, 7) is -0.232. The highest BCUT2D eigenvalue weighted by atomic mass is 35.5. The van der Waals surface area contributed by atoms with Crippen LogP contribution in [0.25, 0.3) is 0 Å². The van der Waals surface area contributed by atoms with Crippen LogP contribution >= 0.6 is 11.6 Å². The van der Waals surface area contributed by atoms with Gasteiger partial charge in [-0.15, -0.1) is 0 Å². The van der Waals surface area contributed by atoms with Crippen molar-refractivity contribution in [3.8, 4) is 0 Å². The van der Waals surface area contributed by atoms with Gasteiger partial charge in [-0.05, 0) is 48.4 Å². The van der Waals surface area contributed by atoms with E-state index in [4.69, 9.17) is 16.3 Å². The Labute approximate surface area is 190 Å². The van der Waals surface area contributed by atoms with Crippen LogP contribution in [0.3, 0.4) is 0 Å². The average molecular weight is 471 g/mol. The quantitative estimate of drug-likeness (QED) is 0.552. The molecule has 0 aliphatic carbocycles. The van der Waals surface area contributed by atoms with Crippen molar-refractivity contribution >= 4 is 44.9 Å². The molecule has 0 saturated heterocycles. The van der Waals surface area contributed by atoms with E-state index in [0.29, 0.717) is 17.8 Å². The molecule has 0 bridgehead atoms. The van der Waals surface area contributed by atoms with Crippen LogP contribution in [0.15, 0.2) is 77.7 Å². The van der Waals surface area contributed by atoms with Gasteiger partial charge in [-0.3, -0.25) is 9.10 Å². The first-order valence-electron chi connectivity index (χ1n) is 9.78. The Kier molecular flexibility index (Phi) is 6.16. The van der Waals surface area contributed by atoms with E-state index in [1.54, 1.807) is 36.4 Å². The first-order valence-corrected chi connectivity index (χ1v) is 11.6. The number of anilines is 2. The zero-order valence-electron chi connectivity index (χ0n) is 16.8. The first kappa shape index (κ1) is 21.9. The summed E-state index contributed by atoms with van der Waals surface area (Å²) < 4.78 is 32.9. The van der Waals surface area contributed by atoms with E-state index in [-0.39, 0.29) is 22.0 Å². The lowest BCUT2D eigenvalue weighted by atomic mass is 10.2. The van der Waals surface area contributed by atoms with Crippen molar-refractivity contribution < 1.29 is 22.7 Å². The second-order valence-electron chi connectivity index (χ2n) is 7.09. The number of halogens is 1. The van der Waals surface area contributed by atoms with Crippen molar-refractivity contribution in [2.75, 3.05) is 22.8 Å². The molecule has 0 radical (unpaired) electrons. The maximum absolute atomic E-state index is 13.3. The number of fused-ring (bicyclic) bond motifs is 1. The molecule has 1 amide bonds. The molecule has 0 unspecified atom stereocenters. The van der Waals surface area contributed by atoms with Crippen molar-refractivity contribution in [2.24, 2.45) is 0 Å². The summed E-state index contributed by atoms with van der Waals surface area (Å²) in [5.74, 6) is -1.34. The third-order valence-electron chi connectivity index (χ3n) is 4.97. The summed E-state index contributed by atoms with van der Waals surface area (Å²) in [5, 5.41) is 2.59. The molecule has 0 spiro atoms. The minimum Gasteiger partial charge on any atom is -0.452 e. The highest BCUT2D eigenvalue weighted by molar-refractivity contribution is 7.93. The van der Waals surface area contributed by atoms with Gasteiger partial charge in [0, 0.05) is 12.2 Å². The predicted octanol–water partition coefficient (Wildman–Crippen LogP) is 3.89. The number of para-hydroxylation sites is 2. The Hall–Kier alpha value is -3.36. The zero-order valence-corrected chi connectivity index (χ0v) is 18.4. The van der Waals surface area contributed by atoms with Crippen LogP contribution in [0.1, 0.15) is 15.9 Å². The van der Waals surface area contributed by atoms with Crippen LogP contribution < -0.4 is 9.62 Å². The maximum atomic E-state index is 13.3. The van der Waals surface area contributed by atoms with Crippen LogP contribution in [0.4, 0.5) is 11.4 Å². The molecule has 0 fully saturated rings. The maximum Gasteiger partial charge on any atom is 0.338 e. The number of carbonyl (C=O) groups is 2. The zero-order chi connectivity index (χ0) is 22.7. The Morgan fingerprint density at radius 3 is 2.50 bits per heavy atom. The minimum absolute atomic E-state index is 0.00671. The number of hydrogen-bond donors (Lipinski definition) is 1. The van der Waals surface area contributed by atoms with E-state index in [9.17, 15) is 18.0 Å². The van der Waals surface area contributed by atoms with Gasteiger partial charge in [0.2, 0.25) is 0 Å². The lowest BCUT2D eigenvalue weighted by molar-refractivity contribution is -0.119. The molecule has 1 heterocycles. The molecule has 9 heteroatoms. The summed E-state index contributed by atoms with van der Waals surface area (Å²) in [4.78, 5) is 24.3. The van der Waals surface area contributed by atoms with E-state index in [0.717, 1.165) is 5.56 Å². The van der Waals surface area contributed by atoms with Crippen molar-refractivity contribution in [3.63, 3.8) is 0 Å². The number of nitrogens with zero attached hydrogens (tertiary/aromatic N) is 1. The summed E-state index contributed by atoms with van der Waals surface area (Å²) in [6, 6.07) is 19.8. The molecule has 0 saturated carbocycles. The van der Waals surface area contributed by atoms with Crippen molar-refractivity contribution in [1.82, 2.24) is 0 Å². The van der Waals surface area contributed by atoms with Crippen LogP contribution in [-0.2, 0) is 26.0 Å². The lowest BCUT2D eigenvalue weighted by Crippen LogP contribution is -2.29. The standard InChI is InChI=1S/C23H19ClN2O5S/c24-19-11-10-17(23(28)31-15-22(27)25-18-7-2-1-3-8-18)14-21(19)32(29,30)26-13-12-16-6-4-5-9-20(16)26/h1-11,14H,12-13,15H2,(H,25,27). The van der Waals surface area contributed by atoms with E-state index in [2.05, 4.69) is 5.32 Å². The molecule has 32 heavy (non-hydrogen) atoms. The third-order valence-corrected chi connectivity index (χ3v) is 7.27. The highest BCUT2D eigenvalue weighted by Crippen LogP contribution is 2.35. The van der Waals surface area contributed by atoms with Crippen molar-refractivity contribution in [2.45, 2.75) is 11.3 Å². The van der Waals surface area contributed by atoms with Gasteiger partial charge in [-0.25, -0.2) is 13.2 Å². The van der Waals surface area contributed by atoms with Gasteiger partial charge in [0.1, 0.15) is 4.90 Å². The Morgan fingerprint density at radius 1 is 1.00 bits per heavy atom. The van der Waals surface area contributed by atoms with Crippen molar-refractivity contribution in [3.05, 3.63) is 88.9 Å². The van der Waals surface area contributed by atoms with Gasteiger partial charge < -0.3 is 10.1 Å². The number of nitrogens with one attached hydrogen (secondary N) is 1. The number of carbonyl (C=O) groups excluding carboxylic acids is 2. The number of hydrogen-bond acceptors (Lipinski definition) is 5. The molecule has 7 nitrogen and oxygen atoms in total. The average Bonchev–Trinajstić information content (AvgIpc) is 3.23. The second kappa shape index (κ2) is 9.02. The molecule has 3 aromatic carbocycles. The molecule has 1 aliphatic rings. The fraction of sp³-hybridized carbons (Fsp3) is 0.130. The van der Waals surface area contributed by atoms with E-state index in [1.807, 2.05) is 18.2 Å². The number of esters is 1.